The van der Waals surface area contributed by atoms with Crippen molar-refractivity contribution in [3.63, 3.8) is 0 Å². The van der Waals surface area contributed by atoms with Crippen LogP contribution in [0.4, 0.5) is 5.69 Å². The zero-order valence-corrected chi connectivity index (χ0v) is 17.1. The first-order chi connectivity index (χ1) is 14.4. The molecule has 4 rings (SSSR count). The first kappa shape index (κ1) is 20.1. The van der Waals surface area contributed by atoms with Gasteiger partial charge in [0.2, 0.25) is 0 Å². The van der Waals surface area contributed by atoms with Gasteiger partial charge in [-0.1, -0.05) is 48.4 Å². The van der Waals surface area contributed by atoms with Crippen molar-refractivity contribution >= 4 is 39.4 Å². The fraction of sp³-hybridized carbons (Fsp3) is 0.190. The van der Waals surface area contributed by atoms with Crippen LogP contribution in [0.1, 0.15) is 31.7 Å². The van der Waals surface area contributed by atoms with Gasteiger partial charge < -0.3 is 10.4 Å². The Morgan fingerprint density at radius 1 is 1.17 bits per heavy atom. The number of hydrogen-bond acceptors (Lipinski definition) is 7. The van der Waals surface area contributed by atoms with E-state index in [-0.39, 0.29) is 22.0 Å². The lowest BCUT2D eigenvalue weighted by Crippen LogP contribution is -2.31. The molecule has 1 aliphatic rings. The van der Waals surface area contributed by atoms with Gasteiger partial charge in [-0.25, -0.2) is 0 Å². The molecule has 2 aromatic carbocycles. The third kappa shape index (κ3) is 3.47. The van der Waals surface area contributed by atoms with Crippen molar-refractivity contribution in [3.8, 4) is 5.75 Å². The van der Waals surface area contributed by atoms with Gasteiger partial charge >= 0.3 is 0 Å². The lowest BCUT2D eigenvalue weighted by atomic mass is 10.1. The third-order valence-corrected chi connectivity index (χ3v) is 6.19. The van der Waals surface area contributed by atoms with Crippen molar-refractivity contribution in [1.29, 1.82) is 0 Å². The molecule has 2 heterocycles. The highest BCUT2D eigenvalue weighted by atomic mass is 32.3. The number of para-hydroxylation sites is 2. The number of aromatic hydroxyl groups is 1. The predicted molar refractivity (Wildman–Crippen MR) is 121 cm³/mol. The molecule has 3 aromatic rings. The lowest BCUT2D eigenvalue weighted by molar-refractivity contribution is 0.478. The Labute approximate surface area is 174 Å². The summed E-state index contributed by atoms with van der Waals surface area (Å²) in [5.74, 6) is -0.407. The Balaban J connectivity index is 1.93. The summed E-state index contributed by atoms with van der Waals surface area (Å²) in [5, 5.41) is 18.6. The molecular formula is C21H22N4O4S. The van der Waals surface area contributed by atoms with Crippen molar-refractivity contribution < 1.29 is 14.2 Å². The first-order valence-corrected chi connectivity index (χ1v) is 11.1. The van der Waals surface area contributed by atoms with Crippen molar-refractivity contribution in [3.05, 3.63) is 64.4 Å². The third-order valence-electron chi connectivity index (χ3n) is 4.80. The molecule has 0 saturated carbocycles. The number of nitrogens with one attached hydrogen (secondary N) is 1. The molecular weight excluding hydrogens is 404 g/mol. The van der Waals surface area contributed by atoms with Crippen LogP contribution in [-0.2, 0) is 0 Å². The number of unbranched alkanes of at least 4 members (excludes halogenated alkanes) is 2. The second kappa shape index (κ2) is 7.94. The number of rotatable bonds is 5. The topological polar surface area (TPSA) is 119 Å². The van der Waals surface area contributed by atoms with E-state index in [0.29, 0.717) is 23.0 Å². The summed E-state index contributed by atoms with van der Waals surface area (Å²) in [5.41, 5.74) is 0.0722. The highest BCUT2D eigenvalue weighted by Gasteiger charge is 2.30. The van der Waals surface area contributed by atoms with Gasteiger partial charge in [0, 0.05) is 11.6 Å². The van der Waals surface area contributed by atoms with Crippen LogP contribution in [0.2, 0.25) is 0 Å². The summed E-state index contributed by atoms with van der Waals surface area (Å²) >= 11 is 0. The van der Waals surface area contributed by atoms with Crippen LogP contribution < -0.4 is 10.9 Å². The maximum Gasteiger partial charge on any atom is 0.286 e. The number of amidine groups is 1. The molecule has 0 atom stereocenters. The number of anilines is 1. The average molecular weight is 426 g/mol. The van der Waals surface area contributed by atoms with Gasteiger partial charge in [0.1, 0.15) is 16.2 Å². The van der Waals surface area contributed by atoms with E-state index in [1.807, 2.05) is 0 Å². The average Bonchev–Trinajstić information content (AvgIpc) is 2.73. The quantitative estimate of drug-likeness (QED) is 0.350. The van der Waals surface area contributed by atoms with Crippen LogP contribution in [0.25, 0.3) is 10.9 Å². The maximum absolute atomic E-state index is 13.3. The molecule has 0 saturated heterocycles. The predicted octanol–water partition coefficient (Wildman–Crippen LogP) is 4.63. The van der Waals surface area contributed by atoms with E-state index < -0.39 is 16.3 Å². The van der Waals surface area contributed by atoms with E-state index in [1.165, 1.54) is 4.68 Å². The maximum atomic E-state index is 13.3. The molecule has 0 amide bonds. The molecule has 0 spiro atoms. The molecule has 156 valence electrons. The molecule has 1 aromatic heterocycles. The standard InChI is InChI=1S/C21H22N4O4S/c1-2-3-8-13-22-25-16-11-6-4-9-14(16)19(26)18(21(25)27)20-23-15-10-5-7-12-17(15)30(28,29)24-20/h4-7,9-13,26,28-29H,2-3,8H2,1H3,(H,23,24). The first-order valence-electron chi connectivity index (χ1n) is 9.58. The van der Waals surface area contributed by atoms with Crippen molar-refractivity contribution in [2.75, 3.05) is 5.32 Å². The van der Waals surface area contributed by atoms with E-state index in [4.69, 9.17) is 0 Å². The number of aromatic nitrogens is 1. The van der Waals surface area contributed by atoms with Gasteiger partial charge in [-0.15, -0.1) is 4.40 Å². The molecule has 0 fully saturated rings. The minimum Gasteiger partial charge on any atom is -0.506 e. The van der Waals surface area contributed by atoms with Gasteiger partial charge in [-0.2, -0.15) is 9.78 Å². The molecule has 0 radical (unpaired) electrons. The lowest BCUT2D eigenvalue weighted by Gasteiger charge is -2.34. The fourth-order valence-corrected chi connectivity index (χ4v) is 4.48. The zero-order valence-electron chi connectivity index (χ0n) is 16.3. The van der Waals surface area contributed by atoms with Crippen LogP contribution in [0, 0.1) is 0 Å². The van der Waals surface area contributed by atoms with E-state index in [9.17, 15) is 19.0 Å². The number of pyridine rings is 1. The Morgan fingerprint density at radius 3 is 2.70 bits per heavy atom. The van der Waals surface area contributed by atoms with Crippen LogP contribution in [0.5, 0.6) is 5.75 Å². The zero-order chi connectivity index (χ0) is 21.3. The summed E-state index contributed by atoms with van der Waals surface area (Å²) in [7, 11) is -3.54. The summed E-state index contributed by atoms with van der Waals surface area (Å²) < 4.78 is 26.2. The minimum atomic E-state index is -3.54. The van der Waals surface area contributed by atoms with E-state index in [0.717, 1.165) is 12.8 Å². The number of hydrogen-bond donors (Lipinski definition) is 4. The van der Waals surface area contributed by atoms with E-state index in [1.54, 1.807) is 54.7 Å². The van der Waals surface area contributed by atoms with E-state index in [2.05, 4.69) is 21.7 Å². The van der Waals surface area contributed by atoms with Gasteiger partial charge in [0.15, 0.2) is 5.84 Å². The Morgan fingerprint density at radius 2 is 1.90 bits per heavy atom. The molecule has 4 N–H and O–H groups in total. The molecule has 1 aliphatic heterocycles. The largest absolute Gasteiger partial charge is 0.506 e. The van der Waals surface area contributed by atoms with Gasteiger partial charge in [0.25, 0.3) is 5.56 Å². The smallest absolute Gasteiger partial charge is 0.286 e. The van der Waals surface area contributed by atoms with Crippen molar-refractivity contribution in [1.82, 2.24) is 4.68 Å². The number of fused-ring (bicyclic) bond motifs is 2. The van der Waals surface area contributed by atoms with Crippen molar-refractivity contribution in [2.24, 2.45) is 9.50 Å². The fourth-order valence-electron chi connectivity index (χ4n) is 3.32. The van der Waals surface area contributed by atoms with Gasteiger partial charge in [-0.3, -0.25) is 13.9 Å². The SMILES string of the molecule is CCCCC=Nn1c(=O)c(C2=NS(O)(O)c3ccccc3N2)c(O)c2ccccc21. The number of nitrogens with zero attached hydrogens (tertiary/aromatic N) is 3. The van der Waals surface area contributed by atoms with Crippen molar-refractivity contribution in [2.45, 2.75) is 31.1 Å². The molecule has 30 heavy (non-hydrogen) atoms. The normalized spacial score (nSPS) is 16.2. The van der Waals surface area contributed by atoms with Crippen LogP contribution in [0.3, 0.4) is 0 Å². The van der Waals surface area contributed by atoms with Gasteiger partial charge in [-0.05, 0) is 37.1 Å². The second-order valence-electron chi connectivity index (χ2n) is 6.88. The van der Waals surface area contributed by atoms with Crippen LogP contribution in [0.15, 0.2) is 67.7 Å². The Kier molecular flexibility index (Phi) is 5.33. The summed E-state index contributed by atoms with van der Waals surface area (Å²) in [6, 6.07) is 13.4. The monoisotopic (exact) mass is 426 g/mol. The second-order valence-corrected chi connectivity index (χ2v) is 8.54. The Bertz CT molecular complexity index is 1230. The summed E-state index contributed by atoms with van der Waals surface area (Å²) in [6.07, 6.45) is 4.31. The molecule has 0 bridgehead atoms. The summed E-state index contributed by atoms with van der Waals surface area (Å²) in [4.78, 5) is 13.5. The van der Waals surface area contributed by atoms with Gasteiger partial charge in [0.05, 0.1) is 11.2 Å². The van der Waals surface area contributed by atoms with Crippen LogP contribution in [-0.4, -0.2) is 30.9 Å². The van der Waals surface area contributed by atoms with Crippen LogP contribution >= 0.6 is 10.8 Å². The number of benzene rings is 2. The molecule has 8 nitrogen and oxygen atoms in total. The molecule has 0 unspecified atom stereocenters. The highest BCUT2D eigenvalue weighted by molar-refractivity contribution is 8.23. The highest BCUT2D eigenvalue weighted by Crippen LogP contribution is 2.55. The Hall–Kier alpha value is -3.14. The molecule has 0 aliphatic carbocycles. The van der Waals surface area contributed by atoms with E-state index >= 15 is 0 Å². The summed E-state index contributed by atoms with van der Waals surface area (Å²) in [6.45, 7) is 2.07. The molecule has 9 heteroatoms. The minimum absolute atomic E-state index is 0.112.